The highest BCUT2D eigenvalue weighted by Gasteiger charge is 2.45. The summed E-state index contributed by atoms with van der Waals surface area (Å²) in [5, 5.41) is 32.7. The summed E-state index contributed by atoms with van der Waals surface area (Å²) in [4.78, 5) is 41.8. The molecule has 1 saturated carbocycles. The lowest BCUT2D eigenvalue weighted by Crippen LogP contribution is -2.64. The van der Waals surface area contributed by atoms with E-state index in [1.54, 1.807) is 23.1 Å². The Morgan fingerprint density at radius 3 is 2.29 bits per heavy atom. The highest BCUT2D eigenvalue weighted by atomic mass is 19.2. The summed E-state index contributed by atoms with van der Waals surface area (Å²) >= 11 is 0. The van der Waals surface area contributed by atoms with Crippen LogP contribution in [0, 0.1) is 23.3 Å². The number of hydrogen-bond donors (Lipinski definition) is 4. The Balaban J connectivity index is 1.25. The summed E-state index contributed by atoms with van der Waals surface area (Å²) in [6.07, 6.45) is -1.91. The first kappa shape index (κ1) is 36.0. The molecule has 3 aromatic carbocycles. The lowest BCUT2D eigenvalue weighted by molar-refractivity contribution is -0.163. The van der Waals surface area contributed by atoms with Crippen molar-refractivity contribution in [1.29, 1.82) is 0 Å². The lowest BCUT2D eigenvalue weighted by atomic mass is 9.82. The van der Waals surface area contributed by atoms with Crippen LogP contribution in [-0.2, 0) is 27.3 Å². The number of aryl methyl sites for hydroxylation is 1. The Morgan fingerprint density at radius 2 is 1.61 bits per heavy atom. The summed E-state index contributed by atoms with van der Waals surface area (Å²) in [5.74, 6) is -7.88. The molecule has 6 rings (SSSR count). The Bertz CT molecular complexity index is 1830. The molecule has 3 aliphatic rings. The summed E-state index contributed by atoms with van der Waals surface area (Å²) in [6, 6.07) is 13.9. The van der Waals surface area contributed by atoms with E-state index in [1.165, 1.54) is 11.0 Å². The van der Waals surface area contributed by atoms with Crippen LogP contribution >= 0.6 is 0 Å². The average molecular weight is 712 g/mol. The van der Waals surface area contributed by atoms with Crippen LogP contribution < -0.4 is 10.1 Å². The van der Waals surface area contributed by atoms with Crippen LogP contribution in [-0.4, -0.2) is 92.9 Å². The summed E-state index contributed by atoms with van der Waals surface area (Å²) in [6.45, 7) is -0.0497. The number of hydrogen-bond acceptors (Lipinski definition) is 7. The predicted molar refractivity (Wildman–Crippen MR) is 175 cm³/mol. The number of carbonyl (C=O) groups is 3. The van der Waals surface area contributed by atoms with Gasteiger partial charge in [0, 0.05) is 42.9 Å². The number of aliphatic carboxylic acids is 1. The third kappa shape index (κ3) is 7.92. The Morgan fingerprint density at radius 1 is 0.902 bits per heavy atom. The number of piperazine rings is 1. The molecule has 2 fully saturated rings. The number of aliphatic hydroxyl groups excluding tert-OH is 2. The molecule has 4 atom stereocenters. The molecule has 2 bridgehead atoms. The molecule has 3 aromatic rings. The van der Waals surface area contributed by atoms with E-state index in [4.69, 9.17) is 9.84 Å². The molecule has 2 heterocycles. The van der Waals surface area contributed by atoms with Crippen molar-refractivity contribution in [2.75, 3.05) is 19.7 Å². The molecule has 0 spiro atoms. The number of rotatable bonds is 13. The van der Waals surface area contributed by atoms with Crippen molar-refractivity contribution in [3.8, 4) is 5.75 Å². The molecule has 0 unspecified atom stereocenters. The third-order valence-electron chi connectivity index (χ3n) is 9.46. The van der Waals surface area contributed by atoms with Gasteiger partial charge in [-0.15, -0.1) is 0 Å². The number of carboxylic acid groups (broad SMARTS) is 1. The van der Waals surface area contributed by atoms with E-state index in [0.717, 1.165) is 35.6 Å². The smallest absolute Gasteiger partial charge is 0.335 e. The Hall–Kier alpha value is -4.79. The van der Waals surface area contributed by atoms with Crippen LogP contribution in [0.4, 0.5) is 17.6 Å². The number of fused-ring (bicyclic) bond motifs is 2. The molecule has 2 aliphatic heterocycles. The molecule has 0 aromatic heterocycles. The van der Waals surface area contributed by atoms with Gasteiger partial charge in [0.15, 0.2) is 29.6 Å². The minimum Gasteiger partial charge on any atom is -0.488 e. The minimum absolute atomic E-state index is 0.0275. The van der Waals surface area contributed by atoms with E-state index in [9.17, 15) is 42.2 Å². The highest BCUT2D eigenvalue weighted by Crippen LogP contribution is 2.38. The van der Waals surface area contributed by atoms with Crippen LogP contribution in [0.2, 0.25) is 0 Å². The van der Waals surface area contributed by atoms with Crippen molar-refractivity contribution in [2.24, 2.45) is 0 Å². The summed E-state index contributed by atoms with van der Waals surface area (Å²) in [5.41, 5.74) is 3.04. The predicted octanol–water partition coefficient (Wildman–Crippen LogP) is 3.58. The topological polar surface area (TPSA) is 140 Å². The van der Waals surface area contributed by atoms with Crippen LogP contribution in [0.25, 0.3) is 5.57 Å². The number of halogens is 4. The summed E-state index contributed by atoms with van der Waals surface area (Å²) < 4.78 is 61.3. The molecule has 2 amide bonds. The number of nitrogens with zero attached hydrogens (tertiary/aromatic N) is 2. The molecular formula is C37H37F4N3O7. The Labute approximate surface area is 290 Å². The van der Waals surface area contributed by atoms with Crippen LogP contribution in [0.15, 0.2) is 66.2 Å². The van der Waals surface area contributed by atoms with E-state index in [2.05, 4.69) is 5.32 Å². The first-order chi connectivity index (χ1) is 24.4. The zero-order valence-corrected chi connectivity index (χ0v) is 27.4. The van der Waals surface area contributed by atoms with Crippen molar-refractivity contribution in [3.63, 3.8) is 0 Å². The van der Waals surface area contributed by atoms with E-state index in [-0.39, 0.29) is 50.7 Å². The van der Waals surface area contributed by atoms with Gasteiger partial charge in [-0.2, -0.15) is 4.39 Å². The number of amides is 2. The molecule has 1 saturated heterocycles. The third-order valence-corrected chi connectivity index (χ3v) is 9.46. The monoisotopic (exact) mass is 711 g/mol. The number of benzene rings is 3. The summed E-state index contributed by atoms with van der Waals surface area (Å²) in [7, 11) is 0. The van der Waals surface area contributed by atoms with Gasteiger partial charge in [0.2, 0.25) is 5.82 Å². The van der Waals surface area contributed by atoms with Crippen molar-refractivity contribution in [2.45, 2.75) is 69.0 Å². The van der Waals surface area contributed by atoms with Crippen LogP contribution in [0.1, 0.15) is 42.4 Å². The second kappa shape index (κ2) is 15.2. The fraction of sp³-hybridized carbons (Fsp3) is 0.378. The SMILES string of the molecule is O=C(O)[C@H](O)[C@H](O)C(=O)N1C[C@H]2CC(c3ccc(CCCOc4c(F)ccc(F)c4F)cc3)=C(C(=O)N(Cc3ccccc3F)C3CC3)[C@@H](C1)N2. The van der Waals surface area contributed by atoms with Crippen molar-refractivity contribution in [3.05, 3.63) is 106 Å². The average Bonchev–Trinajstić information content (AvgIpc) is 3.97. The first-order valence-corrected chi connectivity index (χ1v) is 16.7. The fourth-order valence-electron chi connectivity index (χ4n) is 6.69. The number of carbonyl (C=O) groups excluding carboxylic acids is 2. The molecule has 51 heavy (non-hydrogen) atoms. The van der Waals surface area contributed by atoms with Gasteiger partial charge in [-0.3, -0.25) is 9.59 Å². The van der Waals surface area contributed by atoms with E-state index in [0.29, 0.717) is 30.0 Å². The zero-order chi connectivity index (χ0) is 36.4. The maximum absolute atomic E-state index is 14.8. The Kier molecular flexibility index (Phi) is 10.7. The van der Waals surface area contributed by atoms with Gasteiger partial charge >= 0.3 is 5.97 Å². The first-order valence-electron chi connectivity index (χ1n) is 16.7. The second-order valence-corrected chi connectivity index (χ2v) is 13.1. The van der Waals surface area contributed by atoms with Crippen molar-refractivity contribution in [1.82, 2.24) is 15.1 Å². The molecule has 270 valence electrons. The molecule has 1 aliphatic carbocycles. The van der Waals surface area contributed by atoms with E-state index < -0.39 is 59.1 Å². The largest absolute Gasteiger partial charge is 0.488 e. The van der Waals surface area contributed by atoms with Gasteiger partial charge in [0.1, 0.15) is 5.82 Å². The van der Waals surface area contributed by atoms with Gasteiger partial charge < -0.3 is 35.2 Å². The molecule has 14 heteroatoms. The van der Waals surface area contributed by atoms with Gasteiger partial charge in [0.25, 0.3) is 11.8 Å². The maximum atomic E-state index is 14.8. The van der Waals surface area contributed by atoms with Crippen molar-refractivity contribution >= 4 is 23.4 Å². The van der Waals surface area contributed by atoms with Crippen LogP contribution in [0.3, 0.4) is 0 Å². The van der Waals surface area contributed by atoms with Gasteiger partial charge in [-0.1, -0.05) is 42.5 Å². The maximum Gasteiger partial charge on any atom is 0.335 e. The molecule has 10 nitrogen and oxygen atoms in total. The van der Waals surface area contributed by atoms with Crippen molar-refractivity contribution < 1.29 is 52.0 Å². The standard InChI is InChI=1S/C37H37F4N3O7/c38-26-6-2-1-5-22(26)17-44(24-11-12-24)35(47)30-25(16-23-18-43(19-29(30)42-23)36(48)32(45)33(46)37(49)50)21-9-7-20(8-10-21)4-3-15-51-34-28(40)14-13-27(39)31(34)41/h1-2,5-10,13-14,23-24,29,32-33,42,45-46H,3-4,11-12,15-19H2,(H,49,50)/t23-,29-,32+,33-/m1/s1. The quantitative estimate of drug-likeness (QED) is 0.120. The molecule has 4 N–H and O–H groups in total. The van der Waals surface area contributed by atoms with Gasteiger partial charge in [-0.25, -0.2) is 18.0 Å². The lowest BCUT2D eigenvalue weighted by Gasteiger charge is -2.45. The minimum atomic E-state index is -2.32. The normalized spacial score (nSPS) is 19.8. The number of nitrogens with one attached hydrogen (secondary N) is 1. The van der Waals surface area contributed by atoms with E-state index in [1.807, 2.05) is 24.3 Å². The van der Waals surface area contributed by atoms with E-state index >= 15 is 0 Å². The zero-order valence-electron chi connectivity index (χ0n) is 27.4. The number of aliphatic hydroxyl groups is 2. The molecule has 0 radical (unpaired) electrons. The number of ether oxygens (including phenoxy) is 1. The van der Waals surface area contributed by atoms with Gasteiger partial charge in [-0.05, 0) is 67.0 Å². The van der Waals surface area contributed by atoms with Gasteiger partial charge in [0.05, 0.1) is 12.6 Å². The number of carboxylic acids is 1. The second-order valence-electron chi connectivity index (χ2n) is 13.1. The fourth-order valence-corrected chi connectivity index (χ4v) is 6.69. The highest BCUT2D eigenvalue weighted by molar-refractivity contribution is 6.03. The van der Waals surface area contributed by atoms with Crippen LogP contribution in [0.5, 0.6) is 5.75 Å². The molecular weight excluding hydrogens is 674 g/mol.